The van der Waals surface area contributed by atoms with Gasteiger partial charge < -0.3 is 15.3 Å². The molecule has 0 bridgehead atoms. The molecule has 1 aromatic carbocycles. The van der Waals surface area contributed by atoms with Gasteiger partial charge in [-0.3, -0.25) is 9.97 Å². The molecule has 2 aromatic rings. The summed E-state index contributed by atoms with van der Waals surface area (Å²) in [7, 11) is 0. The number of aliphatic hydroxyl groups is 3. The molecule has 1 atom stereocenters. The molecule has 1 aliphatic rings. The normalized spacial score (nSPS) is 22.4. The lowest BCUT2D eigenvalue weighted by Gasteiger charge is -2.27. The molecule has 0 aliphatic heterocycles. The van der Waals surface area contributed by atoms with Gasteiger partial charge in [-0.15, -0.1) is 0 Å². The molecule has 1 heterocycles. The highest BCUT2D eigenvalue weighted by Crippen LogP contribution is 2.28. The van der Waals surface area contributed by atoms with E-state index >= 15 is 0 Å². The van der Waals surface area contributed by atoms with Gasteiger partial charge in [0.25, 0.3) is 0 Å². The van der Waals surface area contributed by atoms with Gasteiger partial charge in [-0.25, -0.2) is 0 Å². The first-order valence-corrected chi connectivity index (χ1v) is 6.27. The fraction of sp³-hybridized carbons (Fsp3) is 0.200. The number of fused-ring (bicyclic) bond motifs is 1. The number of aliphatic hydroxyl groups excluding tert-OH is 2. The summed E-state index contributed by atoms with van der Waals surface area (Å²) in [5.74, 6) is -0.162. The Morgan fingerprint density at radius 3 is 2.60 bits per heavy atom. The fourth-order valence-electron chi connectivity index (χ4n) is 2.49. The zero-order valence-corrected chi connectivity index (χ0v) is 10.7. The molecule has 0 saturated heterocycles. The lowest BCUT2D eigenvalue weighted by Crippen LogP contribution is -2.32. The minimum atomic E-state index is -1.29. The second-order valence-corrected chi connectivity index (χ2v) is 5.04. The standard InChI is InChI=1S/C15H14N2O3/c18-11-6-12(19)9-15(20,8-11)7-10-1-2-13-14(5-10)17-4-3-16-13/h1-6,8,18-20H,7,9H2. The Bertz CT molecular complexity index is 724. The molecular formula is C15H14N2O3. The molecule has 3 N–H and O–H groups in total. The number of allylic oxidation sites excluding steroid dienone is 1. The Kier molecular flexibility index (Phi) is 2.91. The van der Waals surface area contributed by atoms with Gasteiger partial charge >= 0.3 is 0 Å². The minimum Gasteiger partial charge on any atom is -0.512 e. The Labute approximate surface area is 115 Å². The van der Waals surface area contributed by atoms with E-state index in [0.717, 1.165) is 16.6 Å². The van der Waals surface area contributed by atoms with Gasteiger partial charge in [-0.2, -0.15) is 0 Å². The molecule has 0 fully saturated rings. The lowest BCUT2D eigenvalue weighted by atomic mass is 9.87. The van der Waals surface area contributed by atoms with Crippen LogP contribution in [0.1, 0.15) is 12.0 Å². The minimum absolute atomic E-state index is 0.0342. The summed E-state index contributed by atoms with van der Waals surface area (Å²) in [6.07, 6.45) is 6.19. The Morgan fingerprint density at radius 1 is 1.10 bits per heavy atom. The second kappa shape index (κ2) is 4.61. The van der Waals surface area contributed by atoms with E-state index < -0.39 is 5.60 Å². The Hall–Kier alpha value is -2.40. The summed E-state index contributed by atoms with van der Waals surface area (Å²) in [6, 6.07) is 5.54. The zero-order chi connectivity index (χ0) is 14.2. The summed E-state index contributed by atoms with van der Waals surface area (Å²) >= 11 is 0. The molecule has 0 radical (unpaired) electrons. The monoisotopic (exact) mass is 270 g/mol. The lowest BCUT2D eigenvalue weighted by molar-refractivity contribution is 0.0728. The van der Waals surface area contributed by atoms with Gasteiger partial charge in [0.1, 0.15) is 5.76 Å². The molecule has 102 valence electrons. The molecule has 3 rings (SSSR count). The van der Waals surface area contributed by atoms with Gasteiger partial charge in [-0.05, 0) is 23.8 Å². The third-order valence-corrected chi connectivity index (χ3v) is 3.26. The highest BCUT2D eigenvalue weighted by Gasteiger charge is 2.30. The first-order valence-electron chi connectivity index (χ1n) is 6.27. The van der Waals surface area contributed by atoms with Crippen LogP contribution in [0.2, 0.25) is 0 Å². The number of hydrogen-bond donors (Lipinski definition) is 3. The summed E-state index contributed by atoms with van der Waals surface area (Å²) in [5.41, 5.74) is 1.10. The van der Waals surface area contributed by atoms with Crippen molar-refractivity contribution >= 4 is 11.0 Å². The predicted octanol–water partition coefficient (Wildman–Crippen LogP) is 2.19. The molecule has 1 aromatic heterocycles. The molecule has 1 unspecified atom stereocenters. The Balaban J connectivity index is 1.91. The van der Waals surface area contributed by atoms with E-state index in [9.17, 15) is 15.3 Å². The zero-order valence-electron chi connectivity index (χ0n) is 10.7. The van der Waals surface area contributed by atoms with Crippen LogP contribution < -0.4 is 0 Å². The SMILES string of the molecule is OC1=CC(O)(Cc2ccc3nccnc3c2)CC(O)=C1. The van der Waals surface area contributed by atoms with Gasteiger partial charge in [0.05, 0.1) is 22.4 Å². The van der Waals surface area contributed by atoms with Gasteiger partial charge in [-0.1, -0.05) is 6.07 Å². The third kappa shape index (κ3) is 2.48. The maximum atomic E-state index is 10.5. The van der Waals surface area contributed by atoms with E-state index in [1.165, 1.54) is 12.2 Å². The van der Waals surface area contributed by atoms with Crippen LogP contribution in [0.15, 0.2) is 54.3 Å². The van der Waals surface area contributed by atoms with E-state index in [1.54, 1.807) is 12.4 Å². The highest BCUT2D eigenvalue weighted by atomic mass is 16.3. The molecule has 5 heteroatoms. The Morgan fingerprint density at radius 2 is 1.85 bits per heavy atom. The van der Waals surface area contributed by atoms with Crippen molar-refractivity contribution in [2.75, 3.05) is 0 Å². The van der Waals surface area contributed by atoms with E-state index in [4.69, 9.17) is 0 Å². The average molecular weight is 270 g/mol. The van der Waals surface area contributed by atoms with Crippen LogP contribution in [0.5, 0.6) is 0 Å². The van der Waals surface area contributed by atoms with Crippen LogP contribution in [0, 0.1) is 0 Å². The van der Waals surface area contributed by atoms with Crippen molar-refractivity contribution in [3.05, 3.63) is 59.8 Å². The summed E-state index contributed by atoms with van der Waals surface area (Å²) in [5, 5.41) is 29.5. The molecule has 1 aliphatic carbocycles. The van der Waals surface area contributed by atoms with Crippen LogP contribution in [-0.2, 0) is 6.42 Å². The number of rotatable bonds is 2. The smallest absolute Gasteiger partial charge is 0.117 e. The first kappa shape index (κ1) is 12.6. The van der Waals surface area contributed by atoms with Crippen LogP contribution in [0.4, 0.5) is 0 Å². The molecular weight excluding hydrogens is 256 g/mol. The topological polar surface area (TPSA) is 86.5 Å². The van der Waals surface area contributed by atoms with Crippen molar-refractivity contribution in [1.29, 1.82) is 0 Å². The quantitative estimate of drug-likeness (QED) is 0.778. The predicted molar refractivity (Wildman–Crippen MR) is 74.2 cm³/mol. The van der Waals surface area contributed by atoms with Gasteiger partial charge in [0.15, 0.2) is 0 Å². The molecule has 5 nitrogen and oxygen atoms in total. The van der Waals surface area contributed by atoms with E-state index in [2.05, 4.69) is 9.97 Å². The maximum absolute atomic E-state index is 10.5. The largest absolute Gasteiger partial charge is 0.512 e. The summed E-state index contributed by atoms with van der Waals surface area (Å²) in [4.78, 5) is 8.40. The van der Waals surface area contributed by atoms with Gasteiger partial charge in [0, 0.05) is 31.3 Å². The van der Waals surface area contributed by atoms with E-state index in [0.29, 0.717) is 0 Å². The number of hydrogen-bond acceptors (Lipinski definition) is 5. The van der Waals surface area contributed by atoms with Crippen LogP contribution in [0.3, 0.4) is 0 Å². The van der Waals surface area contributed by atoms with Crippen LogP contribution in [-0.4, -0.2) is 30.9 Å². The number of nitrogens with zero attached hydrogens (tertiary/aromatic N) is 2. The van der Waals surface area contributed by atoms with Crippen molar-refractivity contribution < 1.29 is 15.3 Å². The molecule has 0 spiro atoms. The molecule has 0 amide bonds. The fourth-order valence-corrected chi connectivity index (χ4v) is 2.49. The number of aromatic nitrogens is 2. The van der Waals surface area contributed by atoms with Crippen molar-refractivity contribution in [2.24, 2.45) is 0 Å². The van der Waals surface area contributed by atoms with Crippen molar-refractivity contribution in [2.45, 2.75) is 18.4 Å². The number of benzene rings is 1. The first-order chi connectivity index (χ1) is 9.54. The van der Waals surface area contributed by atoms with E-state index in [-0.39, 0.29) is 24.4 Å². The van der Waals surface area contributed by atoms with Crippen LogP contribution >= 0.6 is 0 Å². The van der Waals surface area contributed by atoms with Crippen molar-refractivity contribution in [3.63, 3.8) is 0 Å². The summed E-state index contributed by atoms with van der Waals surface area (Å²) in [6.45, 7) is 0. The second-order valence-electron chi connectivity index (χ2n) is 5.04. The molecule has 20 heavy (non-hydrogen) atoms. The average Bonchev–Trinajstić information content (AvgIpc) is 2.36. The van der Waals surface area contributed by atoms with Crippen molar-refractivity contribution in [1.82, 2.24) is 9.97 Å². The highest BCUT2D eigenvalue weighted by molar-refractivity contribution is 5.74. The van der Waals surface area contributed by atoms with Gasteiger partial charge in [0.2, 0.25) is 0 Å². The third-order valence-electron chi connectivity index (χ3n) is 3.26. The maximum Gasteiger partial charge on any atom is 0.117 e. The molecule has 0 saturated carbocycles. The van der Waals surface area contributed by atoms with Crippen molar-refractivity contribution in [3.8, 4) is 0 Å². The van der Waals surface area contributed by atoms with Crippen LogP contribution in [0.25, 0.3) is 11.0 Å². The summed E-state index contributed by atoms with van der Waals surface area (Å²) < 4.78 is 0. The van der Waals surface area contributed by atoms with E-state index in [1.807, 2.05) is 18.2 Å².